The van der Waals surface area contributed by atoms with Gasteiger partial charge in [0, 0.05) is 29.0 Å². The van der Waals surface area contributed by atoms with Crippen LogP contribution in [0.2, 0.25) is 5.02 Å². The lowest BCUT2D eigenvalue weighted by Crippen LogP contribution is -2.34. The Hall–Kier alpha value is -0.290. The molecule has 1 aliphatic rings. The predicted octanol–water partition coefficient (Wildman–Crippen LogP) is 3.65. The number of amides is 1. The van der Waals surface area contributed by atoms with Crippen LogP contribution in [0, 0.1) is 5.41 Å². The van der Waals surface area contributed by atoms with E-state index in [0.717, 1.165) is 29.5 Å². The molecule has 3 nitrogen and oxygen atoms in total. The molecule has 6 heteroatoms. The zero-order valence-corrected chi connectivity index (χ0v) is 15.2. The molecule has 2 rings (SSSR count). The normalized spacial score (nSPS) is 21.2. The van der Waals surface area contributed by atoms with Crippen LogP contribution in [0.4, 0.5) is 0 Å². The van der Waals surface area contributed by atoms with E-state index in [1.54, 1.807) is 0 Å². The summed E-state index contributed by atoms with van der Waals surface area (Å²) in [5, 5.41) is 0.701. The van der Waals surface area contributed by atoms with Crippen LogP contribution >= 0.6 is 39.9 Å². The van der Waals surface area contributed by atoms with Crippen molar-refractivity contribution in [3.63, 3.8) is 0 Å². The predicted molar refractivity (Wildman–Crippen MR) is 93.1 cm³/mol. The number of carbonyl (C=O) groups is 1. The zero-order chi connectivity index (χ0) is 14.8. The highest BCUT2D eigenvalue weighted by Gasteiger charge is 2.34. The summed E-state index contributed by atoms with van der Waals surface area (Å²) >= 11 is 9.48. The molecule has 0 radical (unpaired) electrons. The van der Waals surface area contributed by atoms with Gasteiger partial charge in [-0.15, -0.1) is 12.4 Å². The molecule has 1 aliphatic heterocycles. The average Bonchev–Trinajstić information content (AvgIpc) is 2.83. The van der Waals surface area contributed by atoms with Crippen LogP contribution in [0.5, 0.6) is 0 Å². The minimum absolute atomic E-state index is 0. The minimum atomic E-state index is 0. The fourth-order valence-corrected chi connectivity index (χ4v) is 3.18. The Balaban J connectivity index is 0.00000220. The van der Waals surface area contributed by atoms with E-state index in [2.05, 4.69) is 22.9 Å². The van der Waals surface area contributed by atoms with E-state index < -0.39 is 0 Å². The van der Waals surface area contributed by atoms with E-state index >= 15 is 0 Å². The van der Waals surface area contributed by atoms with Gasteiger partial charge in [0.25, 0.3) is 0 Å². The molecule has 21 heavy (non-hydrogen) atoms. The second-order valence-corrected chi connectivity index (χ2v) is 7.11. The van der Waals surface area contributed by atoms with Gasteiger partial charge >= 0.3 is 0 Å². The van der Waals surface area contributed by atoms with Gasteiger partial charge in [-0.25, -0.2) is 0 Å². The first-order valence-electron chi connectivity index (χ1n) is 6.85. The molecule has 1 fully saturated rings. The first-order chi connectivity index (χ1) is 9.43. The molecule has 1 aromatic carbocycles. The second kappa shape index (κ2) is 7.82. The lowest BCUT2D eigenvalue weighted by Gasteiger charge is -2.22. The quantitative estimate of drug-likeness (QED) is 0.845. The number of aryl methyl sites for hydroxylation is 1. The van der Waals surface area contributed by atoms with Crippen molar-refractivity contribution in [2.24, 2.45) is 11.1 Å². The van der Waals surface area contributed by atoms with E-state index in [9.17, 15) is 4.79 Å². The van der Waals surface area contributed by atoms with Crippen LogP contribution in [-0.4, -0.2) is 30.4 Å². The maximum atomic E-state index is 12.3. The number of nitrogens with zero attached hydrogens (tertiary/aromatic N) is 1. The highest BCUT2D eigenvalue weighted by atomic mass is 79.9. The summed E-state index contributed by atoms with van der Waals surface area (Å²) in [4.78, 5) is 14.2. The van der Waals surface area contributed by atoms with Gasteiger partial charge in [-0.3, -0.25) is 4.79 Å². The topological polar surface area (TPSA) is 46.3 Å². The van der Waals surface area contributed by atoms with Crippen molar-refractivity contribution in [2.45, 2.75) is 26.2 Å². The number of halogens is 3. The van der Waals surface area contributed by atoms with E-state index in [1.807, 2.05) is 23.1 Å². The number of carbonyl (C=O) groups excluding carboxylic acids is 1. The van der Waals surface area contributed by atoms with E-state index in [-0.39, 0.29) is 23.7 Å². The van der Waals surface area contributed by atoms with Gasteiger partial charge in [0.1, 0.15) is 0 Å². The Bertz CT molecular complexity index is 512. The van der Waals surface area contributed by atoms with Gasteiger partial charge in [-0.05, 0) is 48.6 Å². The van der Waals surface area contributed by atoms with Crippen molar-refractivity contribution < 1.29 is 4.79 Å². The van der Waals surface area contributed by atoms with Crippen molar-refractivity contribution >= 4 is 45.8 Å². The maximum absolute atomic E-state index is 12.3. The molecule has 1 unspecified atom stereocenters. The van der Waals surface area contributed by atoms with Gasteiger partial charge in [0.15, 0.2) is 0 Å². The van der Waals surface area contributed by atoms with Crippen molar-refractivity contribution in [3.05, 3.63) is 33.3 Å². The monoisotopic (exact) mass is 394 g/mol. The molecule has 1 aromatic rings. The second-order valence-electron chi connectivity index (χ2n) is 5.82. The molecule has 118 valence electrons. The van der Waals surface area contributed by atoms with Gasteiger partial charge < -0.3 is 10.6 Å². The number of likely N-dealkylation sites (tertiary alicyclic amines) is 1. The van der Waals surface area contributed by atoms with Crippen LogP contribution in [0.1, 0.15) is 25.3 Å². The number of hydrogen-bond acceptors (Lipinski definition) is 2. The molecular formula is C15H21BrCl2N2O. The Labute approximate surface area is 145 Å². The van der Waals surface area contributed by atoms with Crippen LogP contribution in [0.15, 0.2) is 22.7 Å². The number of rotatable bonds is 4. The summed E-state index contributed by atoms with van der Waals surface area (Å²) in [6.45, 7) is 4.38. The molecular weight excluding hydrogens is 375 g/mol. The van der Waals surface area contributed by atoms with Crippen LogP contribution in [0.3, 0.4) is 0 Å². The minimum Gasteiger partial charge on any atom is -0.342 e. The van der Waals surface area contributed by atoms with Gasteiger partial charge in [0.2, 0.25) is 5.91 Å². The summed E-state index contributed by atoms with van der Waals surface area (Å²) in [6, 6.07) is 5.67. The summed E-state index contributed by atoms with van der Waals surface area (Å²) < 4.78 is 1.00. The fourth-order valence-electron chi connectivity index (χ4n) is 2.54. The van der Waals surface area contributed by atoms with Crippen molar-refractivity contribution in [2.75, 3.05) is 19.6 Å². The Kier molecular flexibility index (Phi) is 6.98. The molecule has 0 aliphatic carbocycles. The highest BCUT2D eigenvalue weighted by molar-refractivity contribution is 9.10. The summed E-state index contributed by atoms with van der Waals surface area (Å²) in [6.07, 6.45) is 2.21. The zero-order valence-electron chi connectivity index (χ0n) is 12.1. The van der Waals surface area contributed by atoms with Gasteiger partial charge in [0.05, 0.1) is 0 Å². The van der Waals surface area contributed by atoms with Crippen molar-refractivity contribution in [1.82, 2.24) is 4.90 Å². The van der Waals surface area contributed by atoms with Crippen LogP contribution in [0.25, 0.3) is 0 Å². The smallest absolute Gasteiger partial charge is 0.222 e. The first kappa shape index (κ1) is 18.8. The third kappa shape index (κ3) is 4.85. The van der Waals surface area contributed by atoms with Gasteiger partial charge in [-0.2, -0.15) is 0 Å². The Morgan fingerprint density at radius 2 is 2.24 bits per heavy atom. The third-order valence-electron chi connectivity index (χ3n) is 4.02. The molecule has 1 heterocycles. The SMILES string of the molecule is CC1(CN)CCN(C(=O)CCc2cc(Cl)ccc2Br)C1.Cl. The number of benzene rings is 1. The fraction of sp³-hybridized carbons (Fsp3) is 0.533. The van der Waals surface area contributed by atoms with E-state index in [1.165, 1.54) is 0 Å². The Morgan fingerprint density at radius 1 is 1.52 bits per heavy atom. The third-order valence-corrected chi connectivity index (χ3v) is 5.03. The lowest BCUT2D eigenvalue weighted by atomic mass is 9.90. The highest BCUT2D eigenvalue weighted by Crippen LogP contribution is 2.29. The molecule has 0 bridgehead atoms. The summed E-state index contributed by atoms with van der Waals surface area (Å²) in [5.74, 6) is 0.203. The average molecular weight is 396 g/mol. The van der Waals surface area contributed by atoms with Crippen LogP contribution < -0.4 is 5.73 Å². The largest absolute Gasteiger partial charge is 0.342 e. The molecule has 0 aromatic heterocycles. The molecule has 0 saturated carbocycles. The molecule has 1 saturated heterocycles. The van der Waals surface area contributed by atoms with Crippen LogP contribution in [-0.2, 0) is 11.2 Å². The molecule has 1 atom stereocenters. The Morgan fingerprint density at radius 3 is 2.86 bits per heavy atom. The van der Waals surface area contributed by atoms with Gasteiger partial charge in [-0.1, -0.05) is 34.5 Å². The van der Waals surface area contributed by atoms with Crippen molar-refractivity contribution in [1.29, 1.82) is 0 Å². The van der Waals surface area contributed by atoms with Crippen molar-refractivity contribution in [3.8, 4) is 0 Å². The molecule has 0 spiro atoms. The molecule has 2 N–H and O–H groups in total. The summed E-state index contributed by atoms with van der Waals surface area (Å²) in [7, 11) is 0. The lowest BCUT2D eigenvalue weighted by molar-refractivity contribution is -0.130. The molecule has 1 amide bonds. The van der Waals surface area contributed by atoms with E-state index in [4.69, 9.17) is 17.3 Å². The number of hydrogen-bond donors (Lipinski definition) is 1. The number of nitrogens with two attached hydrogens (primary N) is 1. The standard InChI is InChI=1S/C15H20BrClN2O.ClH/c1-15(9-18)6-7-19(10-15)14(20)5-2-11-8-12(17)3-4-13(11)16;/h3-4,8H,2,5-7,9-10,18H2,1H3;1H. The van der Waals surface area contributed by atoms with E-state index in [0.29, 0.717) is 24.4 Å². The first-order valence-corrected chi connectivity index (χ1v) is 8.02. The maximum Gasteiger partial charge on any atom is 0.222 e. The summed E-state index contributed by atoms with van der Waals surface area (Å²) in [5.41, 5.74) is 6.94.